The summed E-state index contributed by atoms with van der Waals surface area (Å²) in [4.78, 5) is 2.58. The minimum absolute atomic E-state index is 0.263. The number of hydrogen-bond acceptors (Lipinski definition) is 2. The fourth-order valence-electron chi connectivity index (χ4n) is 2.25. The Balaban J connectivity index is 2.74. The maximum atomic E-state index is 10.4. The van der Waals surface area contributed by atoms with Crippen LogP contribution in [-0.2, 0) is 0 Å². The van der Waals surface area contributed by atoms with Crippen molar-refractivity contribution in [3.8, 4) is 0 Å². The Morgan fingerprint density at radius 2 is 2.00 bits per heavy atom. The van der Waals surface area contributed by atoms with Crippen LogP contribution in [0.1, 0.15) is 61.0 Å². The molecule has 1 nitrogen and oxygen atoms in total. The van der Waals surface area contributed by atoms with Crippen LogP contribution < -0.4 is 0 Å². The number of aryl methyl sites for hydroxylation is 2. The molecule has 0 aliphatic heterocycles. The van der Waals surface area contributed by atoms with Gasteiger partial charge in [-0.3, -0.25) is 0 Å². The van der Waals surface area contributed by atoms with Crippen molar-refractivity contribution in [2.75, 3.05) is 0 Å². The topological polar surface area (TPSA) is 20.2 Å². The quantitative estimate of drug-likeness (QED) is 0.769. The van der Waals surface area contributed by atoms with E-state index in [1.165, 1.54) is 22.6 Å². The van der Waals surface area contributed by atoms with Crippen LogP contribution in [-0.4, -0.2) is 5.11 Å². The molecule has 0 amide bonds. The molecule has 2 atom stereocenters. The van der Waals surface area contributed by atoms with Crippen molar-refractivity contribution >= 4 is 11.3 Å². The minimum Gasteiger partial charge on any atom is -0.388 e. The second-order valence-corrected chi connectivity index (χ2v) is 6.08. The Labute approximate surface area is 104 Å². The molecule has 1 heterocycles. The lowest BCUT2D eigenvalue weighted by Crippen LogP contribution is -2.12. The molecule has 0 bridgehead atoms. The fourth-order valence-corrected chi connectivity index (χ4v) is 3.22. The van der Waals surface area contributed by atoms with E-state index in [-0.39, 0.29) is 6.10 Å². The van der Waals surface area contributed by atoms with Gasteiger partial charge in [-0.15, -0.1) is 11.3 Å². The van der Waals surface area contributed by atoms with Crippen LogP contribution in [0.5, 0.6) is 0 Å². The van der Waals surface area contributed by atoms with Gasteiger partial charge >= 0.3 is 0 Å². The first-order chi connectivity index (χ1) is 7.60. The maximum absolute atomic E-state index is 10.4. The molecule has 92 valence electrons. The zero-order chi connectivity index (χ0) is 12.1. The molecule has 0 aromatic carbocycles. The molecule has 0 fully saturated rings. The Hall–Kier alpha value is -0.340. The van der Waals surface area contributed by atoms with E-state index in [9.17, 15) is 5.11 Å². The van der Waals surface area contributed by atoms with Gasteiger partial charge in [-0.05, 0) is 37.8 Å². The molecule has 0 saturated heterocycles. The fraction of sp³-hybridized carbons (Fsp3) is 0.714. The zero-order valence-corrected chi connectivity index (χ0v) is 11.7. The third-order valence-electron chi connectivity index (χ3n) is 3.30. The average molecular weight is 240 g/mol. The summed E-state index contributed by atoms with van der Waals surface area (Å²) < 4.78 is 0. The predicted molar refractivity (Wildman–Crippen MR) is 72.1 cm³/mol. The summed E-state index contributed by atoms with van der Waals surface area (Å²) in [5.74, 6) is 0.424. The zero-order valence-electron chi connectivity index (χ0n) is 10.9. The van der Waals surface area contributed by atoms with Crippen molar-refractivity contribution in [1.29, 1.82) is 0 Å². The van der Waals surface area contributed by atoms with Gasteiger partial charge in [0, 0.05) is 9.75 Å². The molecule has 1 aromatic heterocycles. The van der Waals surface area contributed by atoms with Crippen LogP contribution in [0.25, 0.3) is 0 Å². The summed E-state index contributed by atoms with van der Waals surface area (Å²) >= 11 is 1.79. The van der Waals surface area contributed by atoms with Crippen molar-refractivity contribution < 1.29 is 5.11 Å². The van der Waals surface area contributed by atoms with E-state index in [0.29, 0.717) is 5.92 Å². The van der Waals surface area contributed by atoms with E-state index in [0.717, 1.165) is 18.4 Å². The SMILES string of the molecule is CCCCC(CC)C(O)c1cc(C)sc1C. The summed E-state index contributed by atoms with van der Waals surface area (Å²) in [5.41, 5.74) is 1.16. The Morgan fingerprint density at radius 1 is 1.31 bits per heavy atom. The number of aliphatic hydroxyl groups excluding tert-OH is 1. The molecular weight excluding hydrogens is 216 g/mol. The molecule has 16 heavy (non-hydrogen) atoms. The highest BCUT2D eigenvalue weighted by Crippen LogP contribution is 2.34. The molecule has 1 N–H and O–H groups in total. The van der Waals surface area contributed by atoms with Gasteiger partial charge in [0.25, 0.3) is 0 Å². The lowest BCUT2D eigenvalue weighted by Gasteiger charge is -2.21. The molecule has 0 aliphatic carbocycles. The van der Waals surface area contributed by atoms with Crippen LogP contribution in [0.3, 0.4) is 0 Å². The standard InChI is InChI=1S/C14H24OS/c1-5-7-8-12(6-2)14(15)13-9-10(3)16-11(13)4/h9,12,14-15H,5-8H2,1-4H3. The first-order valence-corrected chi connectivity index (χ1v) is 7.16. The number of unbranched alkanes of at least 4 members (excludes halogenated alkanes) is 1. The van der Waals surface area contributed by atoms with Crippen molar-refractivity contribution in [2.24, 2.45) is 5.92 Å². The number of aliphatic hydroxyl groups is 1. The van der Waals surface area contributed by atoms with Crippen molar-refractivity contribution in [3.63, 3.8) is 0 Å². The summed E-state index contributed by atoms with van der Waals surface area (Å²) in [5, 5.41) is 10.4. The van der Waals surface area contributed by atoms with Crippen LogP contribution in [0.4, 0.5) is 0 Å². The summed E-state index contributed by atoms with van der Waals surface area (Å²) in [6, 6.07) is 2.15. The van der Waals surface area contributed by atoms with E-state index < -0.39 is 0 Å². The van der Waals surface area contributed by atoms with E-state index in [2.05, 4.69) is 33.8 Å². The molecule has 2 heteroatoms. The molecule has 2 unspecified atom stereocenters. The highest BCUT2D eigenvalue weighted by molar-refractivity contribution is 7.12. The van der Waals surface area contributed by atoms with Crippen molar-refractivity contribution in [1.82, 2.24) is 0 Å². The second kappa shape index (κ2) is 6.41. The molecular formula is C14H24OS. The second-order valence-electron chi connectivity index (χ2n) is 4.62. The van der Waals surface area contributed by atoms with Gasteiger partial charge in [-0.25, -0.2) is 0 Å². The van der Waals surface area contributed by atoms with E-state index in [1.54, 1.807) is 11.3 Å². The van der Waals surface area contributed by atoms with E-state index in [4.69, 9.17) is 0 Å². The highest BCUT2D eigenvalue weighted by atomic mass is 32.1. The average Bonchev–Trinajstić information content (AvgIpc) is 2.58. The number of hydrogen-bond donors (Lipinski definition) is 1. The molecule has 0 aliphatic rings. The first kappa shape index (κ1) is 13.7. The smallest absolute Gasteiger partial charge is 0.0828 e. The van der Waals surface area contributed by atoms with Crippen molar-refractivity contribution in [2.45, 2.75) is 59.5 Å². The van der Waals surface area contributed by atoms with Gasteiger partial charge in [-0.1, -0.05) is 33.1 Å². The molecule has 0 spiro atoms. The van der Waals surface area contributed by atoms with Crippen LogP contribution >= 0.6 is 11.3 Å². The third-order valence-corrected chi connectivity index (χ3v) is 4.28. The molecule has 1 aromatic rings. The monoisotopic (exact) mass is 240 g/mol. The summed E-state index contributed by atoms with van der Waals surface area (Å²) in [6.07, 6.45) is 4.38. The highest BCUT2D eigenvalue weighted by Gasteiger charge is 2.21. The maximum Gasteiger partial charge on any atom is 0.0828 e. The van der Waals surface area contributed by atoms with Gasteiger partial charge in [0.1, 0.15) is 0 Å². The van der Waals surface area contributed by atoms with Crippen molar-refractivity contribution in [3.05, 3.63) is 21.4 Å². The predicted octanol–water partition coefficient (Wildman–Crippen LogP) is 4.61. The lowest BCUT2D eigenvalue weighted by atomic mass is 9.89. The van der Waals surface area contributed by atoms with E-state index in [1.807, 2.05) is 0 Å². The minimum atomic E-state index is -0.263. The van der Waals surface area contributed by atoms with Gasteiger partial charge < -0.3 is 5.11 Å². The largest absolute Gasteiger partial charge is 0.388 e. The summed E-state index contributed by atoms with van der Waals surface area (Å²) in [6.45, 7) is 8.61. The van der Waals surface area contributed by atoms with Gasteiger partial charge in [-0.2, -0.15) is 0 Å². The van der Waals surface area contributed by atoms with Crippen LogP contribution in [0, 0.1) is 19.8 Å². The van der Waals surface area contributed by atoms with Crippen LogP contribution in [0.2, 0.25) is 0 Å². The van der Waals surface area contributed by atoms with E-state index >= 15 is 0 Å². The van der Waals surface area contributed by atoms with Gasteiger partial charge in [0.15, 0.2) is 0 Å². The number of rotatable bonds is 6. The number of thiophene rings is 1. The molecule has 0 radical (unpaired) electrons. The Bertz CT molecular complexity index is 317. The van der Waals surface area contributed by atoms with Crippen LogP contribution in [0.15, 0.2) is 6.07 Å². The molecule has 1 rings (SSSR count). The normalized spacial score (nSPS) is 15.1. The lowest BCUT2D eigenvalue weighted by molar-refractivity contribution is 0.0988. The summed E-state index contributed by atoms with van der Waals surface area (Å²) in [7, 11) is 0. The van der Waals surface area contributed by atoms with Gasteiger partial charge in [0.05, 0.1) is 6.10 Å². The first-order valence-electron chi connectivity index (χ1n) is 6.35. The molecule has 0 saturated carbocycles. The third kappa shape index (κ3) is 3.33. The Kier molecular flexibility index (Phi) is 5.50. The Morgan fingerprint density at radius 3 is 2.44 bits per heavy atom. The van der Waals surface area contributed by atoms with Gasteiger partial charge in [0.2, 0.25) is 0 Å².